The third kappa shape index (κ3) is 2.66. The number of benzene rings is 1. The van der Waals surface area contributed by atoms with E-state index < -0.39 is 0 Å². The lowest BCUT2D eigenvalue weighted by Gasteiger charge is -2.36. The van der Waals surface area contributed by atoms with Crippen LogP contribution in [0.4, 0.5) is 0 Å². The van der Waals surface area contributed by atoms with E-state index in [0.29, 0.717) is 5.78 Å². The average Bonchev–Trinajstić information content (AvgIpc) is 2.46. The predicted octanol–water partition coefficient (Wildman–Crippen LogP) is 4.65. The van der Waals surface area contributed by atoms with Crippen LogP contribution in [0.1, 0.15) is 63.9 Å². The van der Waals surface area contributed by atoms with Gasteiger partial charge in [0.1, 0.15) is 5.78 Å². The molecule has 0 aliphatic heterocycles. The lowest BCUT2D eigenvalue weighted by Crippen LogP contribution is -2.37. The van der Waals surface area contributed by atoms with Crippen molar-refractivity contribution in [2.75, 3.05) is 0 Å². The van der Waals surface area contributed by atoms with Crippen molar-refractivity contribution in [3.8, 4) is 0 Å². The first-order valence-electron chi connectivity index (χ1n) is 7.38. The van der Waals surface area contributed by atoms with Crippen LogP contribution < -0.4 is 0 Å². The SMILES string of the molecule is CCCCC(=O)C1(c2ccccc2)CCCCC1. The number of ketones is 1. The quantitative estimate of drug-likeness (QED) is 0.737. The summed E-state index contributed by atoms with van der Waals surface area (Å²) in [4.78, 5) is 12.7. The van der Waals surface area contributed by atoms with Gasteiger partial charge in [0.15, 0.2) is 0 Å². The van der Waals surface area contributed by atoms with Crippen molar-refractivity contribution in [2.24, 2.45) is 0 Å². The molecule has 1 saturated carbocycles. The van der Waals surface area contributed by atoms with E-state index in [2.05, 4.69) is 31.2 Å². The largest absolute Gasteiger partial charge is 0.299 e. The lowest BCUT2D eigenvalue weighted by molar-refractivity contribution is -0.126. The van der Waals surface area contributed by atoms with Gasteiger partial charge in [0.25, 0.3) is 0 Å². The molecule has 0 N–H and O–H groups in total. The van der Waals surface area contributed by atoms with Gasteiger partial charge in [-0.3, -0.25) is 4.79 Å². The normalized spacial score (nSPS) is 18.5. The molecule has 0 unspecified atom stereocenters. The first-order chi connectivity index (χ1) is 8.79. The van der Waals surface area contributed by atoms with E-state index in [1.54, 1.807) is 0 Å². The molecule has 0 atom stereocenters. The first-order valence-corrected chi connectivity index (χ1v) is 7.38. The van der Waals surface area contributed by atoms with Crippen molar-refractivity contribution in [3.63, 3.8) is 0 Å². The second-order valence-electron chi connectivity index (χ2n) is 5.54. The molecule has 1 fully saturated rings. The van der Waals surface area contributed by atoms with Crippen LogP contribution in [0.15, 0.2) is 30.3 Å². The van der Waals surface area contributed by atoms with Crippen LogP contribution >= 0.6 is 0 Å². The number of Topliss-reactive ketones (excluding diaryl/α,β-unsaturated/α-hetero) is 1. The number of carbonyl (C=O) groups is 1. The van der Waals surface area contributed by atoms with Gasteiger partial charge in [0.2, 0.25) is 0 Å². The van der Waals surface area contributed by atoms with Crippen molar-refractivity contribution >= 4 is 5.78 Å². The Labute approximate surface area is 111 Å². The fraction of sp³-hybridized carbons (Fsp3) is 0.588. The maximum absolute atomic E-state index is 12.7. The standard InChI is InChI=1S/C17H24O/c1-2-3-12-16(18)17(13-8-5-9-14-17)15-10-6-4-7-11-15/h4,6-7,10-11H,2-3,5,8-9,12-14H2,1H3. The van der Waals surface area contributed by atoms with Crippen LogP contribution in [0.3, 0.4) is 0 Å². The van der Waals surface area contributed by atoms with Crippen LogP contribution in [0.5, 0.6) is 0 Å². The number of carbonyl (C=O) groups excluding carboxylic acids is 1. The molecule has 2 rings (SSSR count). The van der Waals surface area contributed by atoms with Gasteiger partial charge in [0, 0.05) is 6.42 Å². The van der Waals surface area contributed by atoms with Gasteiger partial charge in [-0.15, -0.1) is 0 Å². The Morgan fingerprint density at radius 2 is 1.78 bits per heavy atom. The van der Waals surface area contributed by atoms with E-state index in [4.69, 9.17) is 0 Å². The Morgan fingerprint density at radius 1 is 1.11 bits per heavy atom. The zero-order valence-electron chi connectivity index (χ0n) is 11.5. The molecule has 0 radical (unpaired) electrons. The molecular weight excluding hydrogens is 220 g/mol. The van der Waals surface area contributed by atoms with E-state index in [1.807, 2.05) is 6.07 Å². The summed E-state index contributed by atoms with van der Waals surface area (Å²) in [6.07, 6.45) is 8.70. The molecule has 98 valence electrons. The molecule has 0 saturated heterocycles. The Kier molecular flexibility index (Phi) is 4.57. The van der Waals surface area contributed by atoms with Crippen molar-refractivity contribution < 1.29 is 4.79 Å². The molecule has 18 heavy (non-hydrogen) atoms. The van der Waals surface area contributed by atoms with E-state index in [-0.39, 0.29) is 5.41 Å². The van der Waals surface area contributed by atoms with Gasteiger partial charge in [0.05, 0.1) is 5.41 Å². The highest BCUT2D eigenvalue weighted by Gasteiger charge is 2.39. The van der Waals surface area contributed by atoms with E-state index in [9.17, 15) is 4.79 Å². The smallest absolute Gasteiger partial charge is 0.143 e. The molecule has 0 heterocycles. The van der Waals surface area contributed by atoms with Gasteiger partial charge >= 0.3 is 0 Å². The van der Waals surface area contributed by atoms with Gasteiger partial charge < -0.3 is 0 Å². The minimum absolute atomic E-state index is 0.158. The third-order valence-corrected chi connectivity index (χ3v) is 4.32. The average molecular weight is 244 g/mol. The summed E-state index contributed by atoms with van der Waals surface area (Å²) in [5, 5.41) is 0. The van der Waals surface area contributed by atoms with Gasteiger partial charge in [-0.05, 0) is 24.8 Å². The van der Waals surface area contributed by atoms with Crippen molar-refractivity contribution in [1.29, 1.82) is 0 Å². The summed E-state index contributed by atoms with van der Waals surface area (Å²) >= 11 is 0. The number of unbranched alkanes of at least 4 members (excludes halogenated alkanes) is 1. The second kappa shape index (κ2) is 6.17. The monoisotopic (exact) mass is 244 g/mol. The summed E-state index contributed by atoms with van der Waals surface area (Å²) in [7, 11) is 0. The summed E-state index contributed by atoms with van der Waals surface area (Å²) in [6, 6.07) is 10.5. The summed E-state index contributed by atoms with van der Waals surface area (Å²) < 4.78 is 0. The topological polar surface area (TPSA) is 17.1 Å². The van der Waals surface area contributed by atoms with E-state index in [0.717, 1.165) is 32.1 Å². The third-order valence-electron chi connectivity index (χ3n) is 4.32. The predicted molar refractivity (Wildman–Crippen MR) is 75.7 cm³/mol. The second-order valence-corrected chi connectivity index (χ2v) is 5.54. The van der Waals surface area contributed by atoms with Crippen LogP contribution in [-0.4, -0.2) is 5.78 Å². The molecule has 0 bridgehead atoms. The molecular formula is C17H24O. The number of hydrogen-bond acceptors (Lipinski definition) is 1. The van der Waals surface area contributed by atoms with Gasteiger partial charge in [-0.2, -0.15) is 0 Å². The highest BCUT2D eigenvalue weighted by atomic mass is 16.1. The molecule has 1 aromatic rings. The number of rotatable bonds is 5. The molecule has 1 aromatic carbocycles. The fourth-order valence-electron chi connectivity index (χ4n) is 3.22. The maximum atomic E-state index is 12.7. The maximum Gasteiger partial charge on any atom is 0.143 e. The molecule has 1 heteroatoms. The van der Waals surface area contributed by atoms with E-state index in [1.165, 1.54) is 24.8 Å². The molecule has 0 amide bonds. The lowest BCUT2D eigenvalue weighted by atomic mass is 9.66. The van der Waals surface area contributed by atoms with Crippen LogP contribution in [0.25, 0.3) is 0 Å². The van der Waals surface area contributed by atoms with Crippen LogP contribution in [0.2, 0.25) is 0 Å². The van der Waals surface area contributed by atoms with Crippen molar-refractivity contribution in [3.05, 3.63) is 35.9 Å². The minimum Gasteiger partial charge on any atom is -0.299 e. The van der Waals surface area contributed by atoms with Gasteiger partial charge in [-0.25, -0.2) is 0 Å². The minimum atomic E-state index is -0.158. The summed E-state index contributed by atoms with van der Waals surface area (Å²) in [6.45, 7) is 2.16. The van der Waals surface area contributed by atoms with Crippen molar-refractivity contribution in [2.45, 2.75) is 63.7 Å². The van der Waals surface area contributed by atoms with Crippen molar-refractivity contribution in [1.82, 2.24) is 0 Å². The zero-order chi connectivity index (χ0) is 12.8. The summed E-state index contributed by atoms with van der Waals surface area (Å²) in [5.74, 6) is 0.482. The molecule has 1 aliphatic rings. The fourth-order valence-corrected chi connectivity index (χ4v) is 3.22. The Balaban J connectivity index is 2.25. The summed E-state index contributed by atoms with van der Waals surface area (Å²) in [5.41, 5.74) is 1.10. The zero-order valence-corrected chi connectivity index (χ0v) is 11.5. The first kappa shape index (κ1) is 13.3. The van der Waals surface area contributed by atoms with Crippen LogP contribution in [0, 0.1) is 0 Å². The highest BCUT2D eigenvalue weighted by Crippen LogP contribution is 2.41. The number of hydrogen-bond donors (Lipinski definition) is 0. The highest BCUT2D eigenvalue weighted by molar-refractivity contribution is 5.90. The molecule has 0 spiro atoms. The Hall–Kier alpha value is -1.11. The Bertz CT molecular complexity index is 374. The van der Waals surface area contributed by atoms with Gasteiger partial charge in [-0.1, -0.05) is 62.9 Å². The van der Waals surface area contributed by atoms with Crippen LogP contribution in [-0.2, 0) is 10.2 Å². The molecule has 1 nitrogen and oxygen atoms in total. The molecule has 1 aliphatic carbocycles. The molecule has 0 aromatic heterocycles. The van der Waals surface area contributed by atoms with E-state index >= 15 is 0 Å². The Morgan fingerprint density at radius 3 is 2.39 bits per heavy atom.